The minimum Gasteiger partial charge on any atom is -0.480 e. The van der Waals surface area contributed by atoms with Crippen molar-refractivity contribution in [3.05, 3.63) is 54.2 Å². The molecule has 0 saturated carbocycles. The number of benzene rings is 1. The molecule has 3 aromatic rings. The van der Waals surface area contributed by atoms with E-state index in [0.717, 1.165) is 29.4 Å². The number of imidazole rings is 1. The second-order valence-electron chi connectivity index (χ2n) is 10.6. The molecular formula is C28H37N7O5. The van der Waals surface area contributed by atoms with Crippen molar-refractivity contribution in [2.45, 2.75) is 70.1 Å². The molecule has 214 valence electrons. The van der Waals surface area contributed by atoms with Gasteiger partial charge in [0.1, 0.15) is 18.1 Å². The highest BCUT2D eigenvalue weighted by atomic mass is 16.4. The molecule has 0 aliphatic carbocycles. The van der Waals surface area contributed by atoms with Crippen molar-refractivity contribution in [2.75, 3.05) is 6.54 Å². The Morgan fingerprint density at radius 2 is 1.75 bits per heavy atom. The van der Waals surface area contributed by atoms with Gasteiger partial charge in [-0.1, -0.05) is 32.0 Å². The van der Waals surface area contributed by atoms with Gasteiger partial charge in [0.25, 0.3) is 0 Å². The van der Waals surface area contributed by atoms with Gasteiger partial charge in [-0.3, -0.25) is 14.4 Å². The maximum Gasteiger partial charge on any atom is 0.326 e. The van der Waals surface area contributed by atoms with E-state index in [-0.39, 0.29) is 30.7 Å². The maximum atomic E-state index is 13.5. The first kappa shape index (κ1) is 28.8. The number of nitrogens with zero attached hydrogens (tertiary/aromatic N) is 1. The lowest BCUT2D eigenvalue weighted by atomic mass is 10.00. The molecule has 0 bridgehead atoms. The molecule has 2 aromatic heterocycles. The van der Waals surface area contributed by atoms with E-state index in [0.29, 0.717) is 18.5 Å². The quantitative estimate of drug-likeness (QED) is 0.165. The van der Waals surface area contributed by atoms with E-state index in [2.05, 4.69) is 36.2 Å². The fraction of sp³-hybridized carbons (Fsp3) is 0.464. The van der Waals surface area contributed by atoms with Gasteiger partial charge in [0.15, 0.2) is 0 Å². The lowest BCUT2D eigenvalue weighted by Crippen LogP contribution is -2.58. The van der Waals surface area contributed by atoms with Gasteiger partial charge in [0.05, 0.1) is 12.4 Å². The zero-order valence-corrected chi connectivity index (χ0v) is 22.7. The van der Waals surface area contributed by atoms with Crippen molar-refractivity contribution in [1.82, 2.24) is 36.2 Å². The van der Waals surface area contributed by atoms with Crippen LogP contribution in [0.4, 0.5) is 0 Å². The van der Waals surface area contributed by atoms with Crippen molar-refractivity contribution in [3.63, 3.8) is 0 Å². The van der Waals surface area contributed by atoms with Crippen LogP contribution in [-0.4, -0.2) is 74.5 Å². The number of amides is 3. The Hall–Kier alpha value is -4.19. The number of H-pyrrole nitrogens is 2. The van der Waals surface area contributed by atoms with Crippen molar-refractivity contribution < 1.29 is 24.3 Å². The molecule has 3 heterocycles. The summed E-state index contributed by atoms with van der Waals surface area (Å²) in [7, 11) is 0. The van der Waals surface area contributed by atoms with Crippen molar-refractivity contribution in [3.8, 4) is 0 Å². The number of carbonyl (C=O) groups is 4. The topological polar surface area (TPSA) is 181 Å². The summed E-state index contributed by atoms with van der Waals surface area (Å²) < 4.78 is 0. The van der Waals surface area contributed by atoms with Crippen LogP contribution in [0.2, 0.25) is 0 Å². The van der Waals surface area contributed by atoms with Gasteiger partial charge in [0.2, 0.25) is 17.7 Å². The number of aliphatic carboxylic acids is 1. The Morgan fingerprint density at radius 3 is 2.42 bits per heavy atom. The summed E-state index contributed by atoms with van der Waals surface area (Å²) in [6, 6.07) is 4.04. The maximum absolute atomic E-state index is 13.5. The highest BCUT2D eigenvalue weighted by molar-refractivity contribution is 5.95. The highest BCUT2D eigenvalue weighted by Crippen LogP contribution is 2.20. The molecule has 40 heavy (non-hydrogen) atoms. The average Bonchev–Trinajstić information content (AvgIpc) is 3.70. The van der Waals surface area contributed by atoms with E-state index >= 15 is 0 Å². The predicted octanol–water partition coefficient (Wildman–Crippen LogP) is 1.01. The first-order valence-corrected chi connectivity index (χ1v) is 13.6. The number of carboxylic acid groups (broad SMARTS) is 1. The van der Waals surface area contributed by atoms with Crippen LogP contribution in [0.1, 0.15) is 44.4 Å². The Balaban J connectivity index is 1.55. The van der Waals surface area contributed by atoms with Crippen molar-refractivity contribution in [2.24, 2.45) is 5.92 Å². The van der Waals surface area contributed by atoms with Gasteiger partial charge in [-0.05, 0) is 43.4 Å². The summed E-state index contributed by atoms with van der Waals surface area (Å²) in [4.78, 5) is 61.8. The van der Waals surface area contributed by atoms with E-state index in [9.17, 15) is 24.3 Å². The fourth-order valence-electron chi connectivity index (χ4n) is 4.97. The molecule has 1 aliphatic rings. The first-order valence-electron chi connectivity index (χ1n) is 13.6. The van der Waals surface area contributed by atoms with Gasteiger partial charge in [-0.2, -0.15) is 0 Å². The Morgan fingerprint density at radius 1 is 1.00 bits per heavy atom. The second-order valence-corrected chi connectivity index (χ2v) is 10.6. The number of hydrogen-bond donors (Lipinski definition) is 7. The van der Waals surface area contributed by atoms with Crippen molar-refractivity contribution >= 4 is 34.6 Å². The third-order valence-corrected chi connectivity index (χ3v) is 7.04. The van der Waals surface area contributed by atoms with Gasteiger partial charge in [-0.25, -0.2) is 9.78 Å². The summed E-state index contributed by atoms with van der Waals surface area (Å²) >= 11 is 0. The molecule has 1 fully saturated rings. The molecule has 0 radical (unpaired) electrons. The molecule has 4 unspecified atom stereocenters. The summed E-state index contributed by atoms with van der Waals surface area (Å²) in [6.07, 6.45) is 6.76. The average molecular weight is 552 g/mol. The van der Waals surface area contributed by atoms with Gasteiger partial charge in [0, 0.05) is 41.8 Å². The van der Waals surface area contributed by atoms with E-state index < -0.39 is 35.9 Å². The number of para-hydroxylation sites is 1. The molecule has 1 saturated heterocycles. The van der Waals surface area contributed by atoms with Crippen LogP contribution in [-0.2, 0) is 32.0 Å². The Kier molecular flexibility index (Phi) is 9.54. The van der Waals surface area contributed by atoms with Crippen LogP contribution in [0.5, 0.6) is 0 Å². The smallest absolute Gasteiger partial charge is 0.326 e. The van der Waals surface area contributed by atoms with E-state index in [1.165, 1.54) is 12.5 Å². The standard InChI is InChI=1S/C28H37N7O5/c1-16(2)10-22(33-25(36)21-8-5-9-30-21)26(37)34-23(11-17-13-31-20-7-4-3-6-19(17)20)27(38)35-24(28(39)40)12-18-14-29-15-32-18/h3-4,6-7,13-16,21-24,30-31H,5,8-12H2,1-2H3,(H,29,32)(H,33,36)(H,34,37)(H,35,38)(H,39,40). The fourth-order valence-corrected chi connectivity index (χ4v) is 4.97. The largest absolute Gasteiger partial charge is 0.480 e. The minimum atomic E-state index is -1.24. The second kappa shape index (κ2) is 13.2. The summed E-state index contributed by atoms with van der Waals surface area (Å²) in [5.41, 5.74) is 2.21. The SMILES string of the molecule is CC(C)CC(NC(=O)C1CCCN1)C(=O)NC(Cc1c[nH]c2ccccc12)C(=O)NC(Cc1cnc[nH]1)C(=O)O. The highest BCUT2D eigenvalue weighted by Gasteiger charge is 2.32. The zero-order valence-electron chi connectivity index (χ0n) is 22.7. The van der Waals surface area contributed by atoms with Gasteiger partial charge >= 0.3 is 5.97 Å². The van der Waals surface area contributed by atoms with Gasteiger partial charge < -0.3 is 36.3 Å². The number of aromatic nitrogens is 3. The summed E-state index contributed by atoms with van der Waals surface area (Å²) in [5, 5.41) is 22.0. The van der Waals surface area contributed by atoms with E-state index in [4.69, 9.17) is 0 Å². The van der Waals surface area contributed by atoms with E-state index in [1.54, 1.807) is 6.20 Å². The Bertz CT molecular complexity index is 1310. The predicted molar refractivity (Wildman–Crippen MR) is 148 cm³/mol. The molecule has 3 amide bonds. The molecule has 4 rings (SSSR count). The summed E-state index contributed by atoms with van der Waals surface area (Å²) in [5.74, 6) is -2.51. The normalized spacial score (nSPS) is 17.3. The van der Waals surface area contributed by atoms with Crippen LogP contribution in [0.15, 0.2) is 43.0 Å². The number of hydrogen-bond acceptors (Lipinski definition) is 6. The molecule has 4 atom stereocenters. The lowest BCUT2D eigenvalue weighted by Gasteiger charge is -2.26. The monoisotopic (exact) mass is 551 g/mol. The molecule has 0 spiro atoms. The number of fused-ring (bicyclic) bond motifs is 1. The van der Waals surface area contributed by atoms with Crippen molar-refractivity contribution in [1.29, 1.82) is 0 Å². The van der Waals surface area contributed by atoms with Crippen LogP contribution in [0.3, 0.4) is 0 Å². The zero-order chi connectivity index (χ0) is 28.6. The number of aromatic amines is 2. The van der Waals surface area contributed by atoms with Crippen LogP contribution in [0, 0.1) is 5.92 Å². The number of carboxylic acids is 1. The molecule has 1 aromatic carbocycles. The van der Waals surface area contributed by atoms with Gasteiger partial charge in [-0.15, -0.1) is 0 Å². The van der Waals surface area contributed by atoms with Crippen LogP contribution < -0.4 is 21.3 Å². The molecular weight excluding hydrogens is 514 g/mol. The van der Waals surface area contributed by atoms with Crippen LogP contribution >= 0.6 is 0 Å². The molecule has 1 aliphatic heterocycles. The number of nitrogens with one attached hydrogen (secondary N) is 6. The lowest BCUT2D eigenvalue weighted by molar-refractivity contribution is -0.142. The number of rotatable bonds is 13. The molecule has 12 nitrogen and oxygen atoms in total. The Labute approximate surface area is 232 Å². The number of carbonyl (C=O) groups excluding carboxylic acids is 3. The molecule has 12 heteroatoms. The molecule has 7 N–H and O–H groups in total. The third-order valence-electron chi connectivity index (χ3n) is 7.04. The van der Waals surface area contributed by atoms with E-state index in [1.807, 2.05) is 38.1 Å². The third kappa shape index (κ3) is 7.47. The minimum absolute atomic E-state index is 0.00472. The first-order chi connectivity index (χ1) is 19.2. The van der Waals surface area contributed by atoms with Crippen LogP contribution in [0.25, 0.3) is 10.9 Å². The summed E-state index contributed by atoms with van der Waals surface area (Å²) in [6.45, 7) is 4.64.